The summed E-state index contributed by atoms with van der Waals surface area (Å²) in [6, 6.07) is -2.82. The lowest BCUT2D eigenvalue weighted by atomic mass is 9.78. The zero-order chi connectivity index (χ0) is 32.3. The van der Waals surface area contributed by atoms with Gasteiger partial charge in [0.05, 0.1) is 6.04 Å². The van der Waals surface area contributed by atoms with E-state index >= 15 is 0 Å². The predicted molar refractivity (Wildman–Crippen MR) is 151 cm³/mol. The van der Waals surface area contributed by atoms with Gasteiger partial charge in [-0.1, -0.05) is 13.8 Å². The van der Waals surface area contributed by atoms with Crippen LogP contribution in [0.2, 0.25) is 0 Å². The first kappa shape index (κ1) is 34.5. The number of likely N-dealkylation sites (tertiary alicyclic amines) is 1. The number of alkyl carbamates (subject to hydrolysis) is 1. The van der Waals surface area contributed by atoms with Gasteiger partial charge < -0.3 is 35.4 Å². The molecular weight excluding hydrogens is 588 g/mol. The second-order valence-corrected chi connectivity index (χ2v) is 14.8. The van der Waals surface area contributed by atoms with Crippen LogP contribution in [0.3, 0.4) is 0 Å². The SMILES string of the molecule is CC(C)C[C@H](NC(=O)OC1CCC2(C1)CN(C(=O)OC(C)(C)C)C2)C(=O)N[C@@H](C[C@H]1CCNC1=O)C(=O)C(O)S(=O)(=O)O. The van der Waals surface area contributed by atoms with Crippen molar-refractivity contribution in [3.63, 3.8) is 0 Å². The second kappa shape index (κ2) is 13.3. The number of amides is 4. The molecule has 3 rings (SSSR count). The van der Waals surface area contributed by atoms with Gasteiger partial charge in [-0.25, -0.2) is 9.59 Å². The third kappa shape index (κ3) is 9.50. The van der Waals surface area contributed by atoms with Gasteiger partial charge in [-0.2, -0.15) is 8.42 Å². The minimum absolute atomic E-state index is 0.0993. The summed E-state index contributed by atoms with van der Waals surface area (Å²) >= 11 is 0. The van der Waals surface area contributed by atoms with Crippen LogP contribution in [0.1, 0.15) is 73.1 Å². The maximum absolute atomic E-state index is 13.3. The molecule has 0 aromatic heterocycles. The number of carbonyl (C=O) groups excluding carboxylic acids is 5. The Labute approximate surface area is 251 Å². The first-order valence-electron chi connectivity index (χ1n) is 14.5. The summed E-state index contributed by atoms with van der Waals surface area (Å²) in [5.41, 5.74) is -3.60. The molecule has 0 aromatic carbocycles. The van der Waals surface area contributed by atoms with Gasteiger partial charge in [0.15, 0.2) is 0 Å². The Balaban J connectivity index is 1.61. The molecule has 1 spiro atoms. The standard InChI is InChI=1S/C27H44N4O11S/c1-15(2)10-19(22(34)29-18(11-16-7-9-28-21(16)33)20(32)23(35)43(38,39)40)30-24(36)41-17-6-8-27(12-17)13-31(14-27)25(37)42-26(3,4)5/h15-19,23,35H,6-14H2,1-5H3,(H,28,33)(H,29,34)(H,30,36)(H,38,39,40)/t16-,17?,18+,19+,23?/m1/s1. The van der Waals surface area contributed by atoms with E-state index in [0.29, 0.717) is 38.9 Å². The molecule has 43 heavy (non-hydrogen) atoms. The van der Waals surface area contributed by atoms with Gasteiger partial charge in [0.25, 0.3) is 10.1 Å². The molecular formula is C27H44N4O11S. The van der Waals surface area contributed by atoms with Crippen LogP contribution in [0.25, 0.3) is 0 Å². The number of nitrogens with zero attached hydrogens (tertiary/aromatic N) is 1. The number of rotatable bonds is 11. The van der Waals surface area contributed by atoms with Crippen molar-refractivity contribution in [3.8, 4) is 0 Å². The van der Waals surface area contributed by atoms with Gasteiger partial charge in [0.2, 0.25) is 23.0 Å². The Morgan fingerprint density at radius 3 is 2.30 bits per heavy atom. The van der Waals surface area contributed by atoms with Gasteiger partial charge >= 0.3 is 12.2 Å². The van der Waals surface area contributed by atoms with Gasteiger partial charge in [0.1, 0.15) is 17.7 Å². The van der Waals surface area contributed by atoms with Crippen molar-refractivity contribution < 1.29 is 51.5 Å². The van der Waals surface area contributed by atoms with E-state index in [0.717, 1.165) is 6.42 Å². The van der Waals surface area contributed by atoms with Gasteiger partial charge in [-0.3, -0.25) is 18.9 Å². The lowest BCUT2D eigenvalue weighted by molar-refractivity contribution is -0.132. The molecule has 4 amide bonds. The quantitative estimate of drug-likeness (QED) is 0.200. The lowest BCUT2D eigenvalue weighted by Gasteiger charge is -2.48. The van der Waals surface area contributed by atoms with E-state index in [1.165, 1.54) is 0 Å². The fourth-order valence-electron chi connectivity index (χ4n) is 5.78. The minimum Gasteiger partial charge on any atom is -0.446 e. The molecule has 5 atom stereocenters. The number of nitrogens with one attached hydrogen (secondary N) is 3. The monoisotopic (exact) mass is 632 g/mol. The number of aliphatic hydroxyl groups excluding tert-OH is 1. The molecule has 15 nitrogen and oxygen atoms in total. The summed E-state index contributed by atoms with van der Waals surface area (Å²) in [7, 11) is -5.19. The van der Waals surface area contributed by atoms with Crippen LogP contribution in [-0.4, -0.2) is 102 Å². The maximum atomic E-state index is 13.3. The molecule has 0 bridgehead atoms. The van der Waals surface area contributed by atoms with Crippen molar-refractivity contribution in [3.05, 3.63) is 0 Å². The first-order chi connectivity index (χ1) is 19.8. The first-order valence-corrected chi connectivity index (χ1v) is 16.0. The van der Waals surface area contributed by atoms with Crippen molar-refractivity contribution in [2.45, 2.75) is 102 Å². The fourth-order valence-corrected chi connectivity index (χ4v) is 6.24. The van der Waals surface area contributed by atoms with Crippen LogP contribution in [0.15, 0.2) is 0 Å². The van der Waals surface area contributed by atoms with Crippen LogP contribution in [-0.2, 0) is 34.0 Å². The molecule has 2 aliphatic heterocycles. The largest absolute Gasteiger partial charge is 0.446 e. The van der Waals surface area contributed by atoms with E-state index in [4.69, 9.17) is 9.47 Å². The van der Waals surface area contributed by atoms with Gasteiger partial charge in [-0.05, 0) is 65.2 Å². The summed E-state index contributed by atoms with van der Waals surface area (Å²) in [5.74, 6) is -3.49. The Morgan fingerprint density at radius 1 is 1.12 bits per heavy atom. The Kier molecular flexibility index (Phi) is 10.7. The Hall–Kier alpha value is -2.98. The molecule has 2 heterocycles. The molecule has 2 unspecified atom stereocenters. The van der Waals surface area contributed by atoms with Crippen molar-refractivity contribution in [1.29, 1.82) is 0 Å². The molecule has 1 aliphatic carbocycles. The summed E-state index contributed by atoms with van der Waals surface area (Å²) in [6.07, 6.45) is 0.299. The molecule has 3 fully saturated rings. The van der Waals surface area contributed by atoms with Crippen molar-refractivity contribution >= 4 is 39.9 Å². The third-order valence-corrected chi connectivity index (χ3v) is 8.62. The number of ether oxygens (including phenoxy) is 2. The van der Waals surface area contributed by atoms with E-state index in [1.807, 2.05) is 0 Å². The number of hydrogen-bond donors (Lipinski definition) is 5. The van der Waals surface area contributed by atoms with Gasteiger partial charge in [-0.15, -0.1) is 0 Å². The average Bonchev–Trinajstić information content (AvgIpc) is 3.45. The highest BCUT2D eigenvalue weighted by Crippen LogP contribution is 2.47. The lowest BCUT2D eigenvalue weighted by Crippen LogP contribution is -2.58. The summed E-state index contributed by atoms with van der Waals surface area (Å²) < 4.78 is 43.0. The zero-order valence-electron chi connectivity index (χ0n) is 25.3. The molecule has 2 saturated heterocycles. The minimum atomic E-state index is -5.19. The third-order valence-electron chi connectivity index (χ3n) is 7.82. The van der Waals surface area contributed by atoms with Crippen LogP contribution >= 0.6 is 0 Å². The summed E-state index contributed by atoms with van der Waals surface area (Å²) in [5, 5.41) is 17.3. The topological polar surface area (TPSA) is 218 Å². The maximum Gasteiger partial charge on any atom is 0.410 e. The molecule has 16 heteroatoms. The van der Waals surface area contributed by atoms with E-state index in [-0.39, 0.29) is 24.2 Å². The number of aliphatic hydroxyl groups is 1. The highest BCUT2D eigenvalue weighted by molar-refractivity contribution is 7.87. The van der Waals surface area contributed by atoms with Crippen LogP contribution in [0, 0.1) is 17.3 Å². The van der Waals surface area contributed by atoms with Crippen LogP contribution in [0.5, 0.6) is 0 Å². The average molecular weight is 633 g/mol. The molecule has 1 saturated carbocycles. The van der Waals surface area contributed by atoms with Crippen molar-refractivity contribution in [2.24, 2.45) is 17.3 Å². The Bertz CT molecular complexity index is 1190. The number of ketones is 1. The highest BCUT2D eigenvalue weighted by atomic mass is 32.2. The van der Waals surface area contributed by atoms with E-state index in [1.54, 1.807) is 39.5 Å². The smallest absolute Gasteiger partial charge is 0.410 e. The van der Waals surface area contributed by atoms with Crippen LogP contribution in [0.4, 0.5) is 9.59 Å². The normalized spacial score (nSPS) is 23.6. The van der Waals surface area contributed by atoms with E-state index < -0.39 is 75.0 Å². The molecule has 0 aromatic rings. The van der Waals surface area contributed by atoms with Crippen molar-refractivity contribution in [1.82, 2.24) is 20.9 Å². The zero-order valence-corrected chi connectivity index (χ0v) is 26.1. The number of carbonyl (C=O) groups is 5. The second-order valence-electron chi connectivity index (χ2n) is 13.3. The van der Waals surface area contributed by atoms with E-state index in [2.05, 4.69) is 16.0 Å². The Morgan fingerprint density at radius 2 is 1.77 bits per heavy atom. The fraction of sp³-hybridized carbons (Fsp3) is 0.815. The molecule has 244 valence electrons. The number of Topliss-reactive ketones (excluding diaryl/α,β-unsaturated/α-hetero) is 1. The summed E-state index contributed by atoms with van der Waals surface area (Å²) in [6.45, 7) is 10.3. The summed E-state index contributed by atoms with van der Waals surface area (Å²) in [4.78, 5) is 64.9. The highest BCUT2D eigenvalue weighted by Gasteiger charge is 2.51. The van der Waals surface area contributed by atoms with E-state index in [9.17, 15) is 42.0 Å². The van der Waals surface area contributed by atoms with Crippen LogP contribution < -0.4 is 16.0 Å². The molecule has 3 aliphatic rings. The van der Waals surface area contributed by atoms with Gasteiger partial charge in [0, 0.05) is 31.0 Å². The molecule has 5 N–H and O–H groups in total. The number of hydrogen-bond acceptors (Lipinski definition) is 10. The van der Waals surface area contributed by atoms with Crippen molar-refractivity contribution in [2.75, 3.05) is 19.6 Å². The molecule has 0 radical (unpaired) electrons. The predicted octanol–water partition coefficient (Wildman–Crippen LogP) is 0.703.